The maximum atomic E-state index is 6.13. The average Bonchev–Trinajstić information content (AvgIpc) is 2.50. The van der Waals surface area contributed by atoms with E-state index < -0.39 is 0 Å². The van der Waals surface area contributed by atoms with Crippen LogP contribution >= 0.6 is 11.6 Å². The molecule has 0 amide bonds. The van der Waals surface area contributed by atoms with Crippen LogP contribution in [0.3, 0.4) is 0 Å². The van der Waals surface area contributed by atoms with Gasteiger partial charge in [0.2, 0.25) is 0 Å². The number of nitrogens with one attached hydrogen (secondary N) is 1. The monoisotopic (exact) mass is 236 g/mol. The third-order valence-corrected chi connectivity index (χ3v) is 4.13. The van der Waals surface area contributed by atoms with Crippen LogP contribution in [0.25, 0.3) is 0 Å². The first-order chi connectivity index (χ1) is 7.58. The largest absolute Gasteiger partial charge is 0.377 e. The van der Waals surface area contributed by atoms with E-state index in [2.05, 4.69) is 36.3 Å². The Morgan fingerprint density at radius 1 is 1.50 bits per heavy atom. The van der Waals surface area contributed by atoms with Crippen molar-refractivity contribution in [2.75, 3.05) is 20.1 Å². The van der Waals surface area contributed by atoms with Crippen molar-refractivity contribution in [1.29, 1.82) is 0 Å². The minimum atomic E-state index is 0.0915. The molecule has 0 aromatic heterocycles. The first-order valence-corrected chi connectivity index (χ1v) is 6.23. The maximum absolute atomic E-state index is 6.13. The minimum Gasteiger partial charge on any atom is -0.377 e. The molecule has 0 aromatic rings. The molecule has 2 aliphatic heterocycles. The Kier molecular flexibility index (Phi) is 2.20. The van der Waals surface area contributed by atoms with Gasteiger partial charge < -0.3 is 10.2 Å². The summed E-state index contributed by atoms with van der Waals surface area (Å²) in [4.78, 5) is 2.36. The van der Waals surface area contributed by atoms with Gasteiger partial charge in [0, 0.05) is 23.8 Å². The second-order valence-corrected chi connectivity index (χ2v) is 5.69. The Morgan fingerprint density at radius 2 is 2.31 bits per heavy atom. The third-order valence-electron chi connectivity index (χ3n) is 3.87. The van der Waals surface area contributed by atoms with E-state index in [1.165, 1.54) is 16.8 Å². The number of rotatable bonds is 0. The van der Waals surface area contributed by atoms with Gasteiger partial charge in [-0.1, -0.05) is 17.7 Å². The van der Waals surface area contributed by atoms with Gasteiger partial charge in [-0.15, -0.1) is 0 Å². The topological polar surface area (TPSA) is 15.3 Å². The number of allylic oxidation sites excluding steroid dienone is 2. The SMILES string of the molecule is CN1CCC2=C(C1)NC1(C)CC=C(Cl)C=C21. The molecule has 3 heteroatoms. The van der Waals surface area contributed by atoms with Crippen molar-refractivity contribution in [2.45, 2.75) is 25.3 Å². The molecule has 16 heavy (non-hydrogen) atoms. The van der Waals surface area contributed by atoms with Crippen LogP contribution in [-0.4, -0.2) is 30.6 Å². The molecule has 0 spiro atoms. The molecule has 2 nitrogen and oxygen atoms in total. The molecule has 0 radical (unpaired) electrons. The predicted molar refractivity (Wildman–Crippen MR) is 67.3 cm³/mol. The highest BCUT2D eigenvalue weighted by molar-refractivity contribution is 6.31. The van der Waals surface area contributed by atoms with Crippen LogP contribution < -0.4 is 5.32 Å². The van der Waals surface area contributed by atoms with E-state index in [0.717, 1.165) is 31.0 Å². The van der Waals surface area contributed by atoms with Crippen molar-refractivity contribution in [3.63, 3.8) is 0 Å². The van der Waals surface area contributed by atoms with Crippen molar-refractivity contribution in [3.05, 3.63) is 34.0 Å². The molecule has 86 valence electrons. The number of likely N-dealkylation sites (N-methyl/N-ethyl adjacent to an activating group) is 1. The molecule has 0 bridgehead atoms. The Labute approximate surface area is 102 Å². The van der Waals surface area contributed by atoms with Crippen molar-refractivity contribution in [3.8, 4) is 0 Å². The summed E-state index contributed by atoms with van der Waals surface area (Å²) in [6.45, 7) is 4.46. The lowest BCUT2D eigenvalue weighted by molar-refractivity contribution is 0.340. The molecule has 0 saturated heterocycles. The number of fused-ring (bicyclic) bond motifs is 2. The molecule has 1 atom stereocenters. The summed E-state index contributed by atoms with van der Waals surface area (Å²) in [5.41, 5.74) is 4.42. The molecular formula is C13H17ClN2. The van der Waals surface area contributed by atoms with E-state index >= 15 is 0 Å². The zero-order valence-corrected chi connectivity index (χ0v) is 10.6. The van der Waals surface area contributed by atoms with E-state index in [4.69, 9.17) is 11.6 Å². The molecule has 0 saturated carbocycles. The zero-order valence-electron chi connectivity index (χ0n) is 9.81. The van der Waals surface area contributed by atoms with Gasteiger partial charge in [-0.3, -0.25) is 0 Å². The smallest absolute Gasteiger partial charge is 0.0633 e. The molecule has 3 rings (SSSR count). The van der Waals surface area contributed by atoms with Crippen LogP contribution in [0.2, 0.25) is 0 Å². The molecule has 1 unspecified atom stereocenters. The molecular weight excluding hydrogens is 220 g/mol. The third kappa shape index (κ3) is 1.44. The normalized spacial score (nSPS) is 33.9. The highest BCUT2D eigenvalue weighted by Gasteiger charge is 2.40. The second-order valence-electron chi connectivity index (χ2n) is 5.25. The summed E-state index contributed by atoms with van der Waals surface area (Å²) in [5.74, 6) is 0. The zero-order chi connectivity index (χ0) is 11.3. The number of hydrogen-bond donors (Lipinski definition) is 1. The van der Waals surface area contributed by atoms with Crippen LogP contribution in [0.4, 0.5) is 0 Å². The van der Waals surface area contributed by atoms with Crippen molar-refractivity contribution < 1.29 is 0 Å². The van der Waals surface area contributed by atoms with Gasteiger partial charge in [0.05, 0.1) is 5.54 Å². The fraction of sp³-hybridized carbons (Fsp3) is 0.538. The summed E-state index contributed by atoms with van der Waals surface area (Å²) >= 11 is 6.13. The van der Waals surface area contributed by atoms with Crippen LogP contribution in [0.5, 0.6) is 0 Å². The van der Waals surface area contributed by atoms with Crippen LogP contribution in [0.1, 0.15) is 19.8 Å². The lowest BCUT2D eigenvalue weighted by Crippen LogP contribution is -2.40. The van der Waals surface area contributed by atoms with E-state index in [9.17, 15) is 0 Å². The Balaban J connectivity index is 2.02. The van der Waals surface area contributed by atoms with Crippen LogP contribution in [0, 0.1) is 0 Å². The lowest BCUT2D eigenvalue weighted by Gasteiger charge is -2.30. The van der Waals surface area contributed by atoms with Crippen molar-refractivity contribution in [2.24, 2.45) is 0 Å². The Bertz CT molecular complexity index is 433. The van der Waals surface area contributed by atoms with Gasteiger partial charge in [-0.2, -0.15) is 0 Å². The van der Waals surface area contributed by atoms with E-state index in [1.807, 2.05) is 0 Å². The number of halogens is 1. The van der Waals surface area contributed by atoms with Gasteiger partial charge >= 0.3 is 0 Å². The first kappa shape index (κ1) is 10.4. The molecule has 1 N–H and O–H groups in total. The Hall–Kier alpha value is -0.730. The fourth-order valence-electron chi connectivity index (χ4n) is 2.95. The maximum Gasteiger partial charge on any atom is 0.0633 e. The van der Waals surface area contributed by atoms with Gasteiger partial charge in [0.15, 0.2) is 0 Å². The minimum absolute atomic E-state index is 0.0915. The average molecular weight is 237 g/mol. The summed E-state index contributed by atoms with van der Waals surface area (Å²) in [5, 5.41) is 4.58. The van der Waals surface area contributed by atoms with Gasteiger partial charge in [0.1, 0.15) is 0 Å². The summed E-state index contributed by atoms with van der Waals surface area (Å²) in [7, 11) is 2.18. The van der Waals surface area contributed by atoms with Crippen molar-refractivity contribution in [1.82, 2.24) is 10.2 Å². The second kappa shape index (κ2) is 3.38. The van der Waals surface area contributed by atoms with E-state index in [0.29, 0.717) is 0 Å². The number of hydrogen-bond acceptors (Lipinski definition) is 2. The summed E-state index contributed by atoms with van der Waals surface area (Å²) in [6.07, 6.45) is 6.39. The standard InChI is InChI=1S/C13H17ClN2/c1-13-5-3-9(14)7-11(13)10-4-6-16(2)8-12(10)15-13/h3,7,15H,4-6,8H2,1-2H3. The Morgan fingerprint density at radius 3 is 3.12 bits per heavy atom. The molecule has 0 fully saturated rings. The number of nitrogens with zero attached hydrogens (tertiary/aromatic N) is 1. The predicted octanol–water partition coefficient (Wildman–Crippen LogP) is 2.39. The fourth-order valence-corrected chi connectivity index (χ4v) is 3.14. The molecule has 0 aromatic carbocycles. The van der Waals surface area contributed by atoms with Crippen LogP contribution in [-0.2, 0) is 0 Å². The molecule has 1 aliphatic carbocycles. The molecule has 2 heterocycles. The van der Waals surface area contributed by atoms with Gasteiger partial charge in [-0.05, 0) is 44.0 Å². The molecule has 3 aliphatic rings. The highest BCUT2D eigenvalue weighted by Crippen LogP contribution is 2.42. The van der Waals surface area contributed by atoms with Gasteiger partial charge in [0.25, 0.3) is 0 Å². The first-order valence-electron chi connectivity index (χ1n) is 5.85. The van der Waals surface area contributed by atoms with E-state index in [-0.39, 0.29) is 5.54 Å². The van der Waals surface area contributed by atoms with Gasteiger partial charge in [-0.25, -0.2) is 0 Å². The summed E-state index contributed by atoms with van der Waals surface area (Å²) in [6, 6.07) is 0. The van der Waals surface area contributed by atoms with E-state index in [1.54, 1.807) is 0 Å². The lowest BCUT2D eigenvalue weighted by atomic mass is 9.82. The quantitative estimate of drug-likeness (QED) is 0.695. The summed E-state index contributed by atoms with van der Waals surface area (Å²) < 4.78 is 0. The highest BCUT2D eigenvalue weighted by atomic mass is 35.5. The van der Waals surface area contributed by atoms with Crippen LogP contribution in [0.15, 0.2) is 34.0 Å². The van der Waals surface area contributed by atoms with Crippen molar-refractivity contribution >= 4 is 11.6 Å².